The van der Waals surface area contributed by atoms with Crippen molar-refractivity contribution in [3.8, 4) is 0 Å². The molecule has 0 amide bonds. The second-order valence-corrected chi connectivity index (χ2v) is 2.77. The number of aryl methyl sites for hydroxylation is 1. The van der Waals surface area contributed by atoms with E-state index in [4.69, 9.17) is 0 Å². The Hall–Kier alpha value is -0.755. The zero-order chi connectivity index (χ0) is 8.27. The van der Waals surface area contributed by atoms with Crippen molar-refractivity contribution in [2.75, 3.05) is 0 Å². The van der Waals surface area contributed by atoms with Gasteiger partial charge in [-0.15, -0.1) is 0 Å². The normalized spacial score (nSPS) is 12.9. The molecule has 1 atom stereocenters. The van der Waals surface area contributed by atoms with Crippen molar-refractivity contribution in [3.05, 3.63) is 35.4 Å². The molecule has 2 heteroatoms. The first kappa shape index (κ1) is 8.34. The predicted molar refractivity (Wildman–Crippen MR) is 49.3 cm³/mol. The summed E-state index contributed by atoms with van der Waals surface area (Å²) in [5, 5.41) is 9.19. The van der Waals surface area contributed by atoms with E-state index in [2.05, 4.69) is 19.1 Å². The molecule has 11 heavy (non-hydrogen) atoms. The topological polar surface area (TPSA) is 20.2 Å². The molecule has 0 aliphatic carbocycles. The molecule has 58 valence electrons. The van der Waals surface area contributed by atoms with Crippen molar-refractivity contribution >= 4 is 7.85 Å². The smallest absolute Gasteiger partial charge is 0.144 e. The predicted octanol–water partition coefficient (Wildman–Crippen LogP) is 0.873. The first-order valence-electron chi connectivity index (χ1n) is 4.01. The summed E-state index contributed by atoms with van der Waals surface area (Å²) in [5.41, 5.74) is 2.30. The van der Waals surface area contributed by atoms with E-state index in [0.29, 0.717) is 0 Å². The van der Waals surface area contributed by atoms with E-state index in [0.717, 1.165) is 12.0 Å². The Balaban J connectivity index is 2.83. The van der Waals surface area contributed by atoms with Gasteiger partial charge in [0.2, 0.25) is 0 Å². The van der Waals surface area contributed by atoms with Crippen LogP contribution in [0.4, 0.5) is 0 Å². The molecule has 0 heterocycles. The van der Waals surface area contributed by atoms with Crippen molar-refractivity contribution in [1.29, 1.82) is 0 Å². The van der Waals surface area contributed by atoms with Crippen LogP contribution in [0.3, 0.4) is 0 Å². The molecule has 1 N–H and O–H groups in total. The summed E-state index contributed by atoms with van der Waals surface area (Å²) in [7, 11) is 1.78. The summed E-state index contributed by atoms with van der Waals surface area (Å²) in [6.45, 7) is 2.12. The Morgan fingerprint density at radius 3 is 2.27 bits per heavy atom. The van der Waals surface area contributed by atoms with Crippen molar-refractivity contribution in [1.82, 2.24) is 0 Å². The first-order valence-corrected chi connectivity index (χ1v) is 4.01. The average Bonchev–Trinajstić information content (AvgIpc) is 2.05. The molecule has 1 nitrogen and oxygen atoms in total. The molecule has 0 bridgehead atoms. The zero-order valence-electron chi connectivity index (χ0n) is 7.04. The monoisotopic (exact) mass is 148 g/mol. The van der Waals surface area contributed by atoms with E-state index >= 15 is 0 Å². The van der Waals surface area contributed by atoms with Crippen molar-refractivity contribution in [2.45, 2.75) is 19.3 Å². The van der Waals surface area contributed by atoms with Gasteiger partial charge in [-0.25, -0.2) is 0 Å². The minimum absolute atomic E-state index is 0.346. The van der Waals surface area contributed by atoms with Crippen LogP contribution in [0.2, 0.25) is 0 Å². The van der Waals surface area contributed by atoms with Crippen LogP contribution in [-0.2, 0) is 6.42 Å². The van der Waals surface area contributed by atoms with Gasteiger partial charge in [0, 0.05) is 6.00 Å². The van der Waals surface area contributed by atoms with Gasteiger partial charge in [0.25, 0.3) is 0 Å². The Labute approximate surface area is 68.5 Å². The molecule has 1 aromatic carbocycles. The van der Waals surface area contributed by atoms with Gasteiger partial charge >= 0.3 is 0 Å². The molecule has 1 aromatic rings. The Kier molecular flexibility index (Phi) is 2.72. The molecule has 0 saturated carbocycles. The minimum Gasteiger partial charge on any atom is -0.398 e. The summed E-state index contributed by atoms with van der Waals surface area (Å²) in [6, 6.07) is 7.72. The van der Waals surface area contributed by atoms with Crippen LogP contribution < -0.4 is 0 Å². The highest BCUT2D eigenvalue weighted by molar-refractivity contribution is 6.11. The Morgan fingerprint density at radius 1 is 1.36 bits per heavy atom. The van der Waals surface area contributed by atoms with E-state index in [1.165, 1.54) is 5.56 Å². The van der Waals surface area contributed by atoms with E-state index < -0.39 is 0 Å². The Bertz CT molecular complexity index is 216. The fraction of sp³-hybridized carbons (Fsp3) is 0.333. The fourth-order valence-electron chi connectivity index (χ4n) is 1.03. The van der Waals surface area contributed by atoms with E-state index in [9.17, 15) is 5.11 Å². The van der Waals surface area contributed by atoms with Crippen LogP contribution >= 0.6 is 0 Å². The molecule has 0 saturated heterocycles. The average molecular weight is 148 g/mol. The van der Waals surface area contributed by atoms with Crippen LogP contribution in [0.15, 0.2) is 24.3 Å². The van der Waals surface area contributed by atoms with Gasteiger partial charge in [0.05, 0.1) is 0 Å². The molecule has 0 aromatic heterocycles. The first-order chi connectivity index (χ1) is 5.24. The maximum atomic E-state index is 9.19. The van der Waals surface area contributed by atoms with Gasteiger partial charge in [0.15, 0.2) is 0 Å². The minimum atomic E-state index is -0.346. The lowest BCUT2D eigenvalue weighted by Crippen LogP contribution is -1.95. The third kappa shape index (κ3) is 2.09. The number of aliphatic hydroxyl groups excluding tert-OH is 1. The van der Waals surface area contributed by atoms with Crippen LogP contribution in [0.25, 0.3) is 0 Å². The number of benzene rings is 1. The van der Waals surface area contributed by atoms with Gasteiger partial charge in [-0.1, -0.05) is 31.2 Å². The van der Waals surface area contributed by atoms with Crippen LogP contribution in [0.5, 0.6) is 0 Å². The molecule has 1 rings (SSSR count). The third-order valence-electron chi connectivity index (χ3n) is 1.87. The lowest BCUT2D eigenvalue weighted by atomic mass is 9.92. The molecular weight excluding hydrogens is 135 g/mol. The second-order valence-electron chi connectivity index (χ2n) is 2.77. The standard InChI is InChI=1S/C9H13BO/c1-2-7-3-5-8(6-4-7)9(10)11/h3-6,9,11H,2,10H2,1H3. The number of hydrogen-bond acceptors (Lipinski definition) is 1. The highest BCUT2D eigenvalue weighted by atomic mass is 16.3. The lowest BCUT2D eigenvalue weighted by Gasteiger charge is -2.04. The van der Waals surface area contributed by atoms with Crippen LogP contribution in [-0.4, -0.2) is 13.0 Å². The highest BCUT2D eigenvalue weighted by Gasteiger charge is 1.98. The number of aliphatic hydroxyl groups is 1. The van der Waals surface area contributed by atoms with Crippen molar-refractivity contribution in [2.24, 2.45) is 0 Å². The maximum Gasteiger partial charge on any atom is 0.144 e. The van der Waals surface area contributed by atoms with E-state index in [-0.39, 0.29) is 6.00 Å². The summed E-state index contributed by atoms with van der Waals surface area (Å²) in [4.78, 5) is 0. The van der Waals surface area contributed by atoms with E-state index in [1.807, 2.05) is 12.1 Å². The number of hydrogen-bond donors (Lipinski definition) is 1. The third-order valence-corrected chi connectivity index (χ3v) is 1.87. The molecule has 0 aliphatic rings. The second kappa shape index (κ2) is 3.58. The largest absolute Gasteiger partial charge is 0.398 e. The summed E-state index contributed by atoms with van der Waals surface area (Å²) in [5.74, 6) is 0. The quantitative estimate of drug-likeness (QED) is 0.617. The molecule has 1 unspecified atom stereocenters. The van der Waals surface area contributed by atoms with Gasteiger partial charge in [-0.2, -0.15) is 0 Å². The lowest BCUT2D eigenvalue weighted by molar-refractivity contribution is 0.262. The van der Waals surface area contributed by atoms with Crippen LogP contribution in [0, 0.1) is 0 Å². The number of rotatable bonds is 2. The van der Waals surface area contributed by atoms with Gasteiger partial charge in [0.1, 0.15) is 7.85 Å². The maximum absolute atomic E-state index is 9.19. The molecule has 0 aliphatic heterocycles. The molecule has 0 fully saturated rings. The Morgan fingerprint density at radius 2 is 1.91 bits per heavy atom. The van der Waals surface area contributed by atoms with Crippen molar-refractivity contribution in [3.63, 3.8) is 0 Å². The van der Waals surface area contributed by atoms with Crippen molar-refractivity contribution < 1.29 is 5.11 Å². The highest BCUT2D eigenvalue weighted by Crippen LogP contribution is 2.10. The van der Waals surface area contributed by atoms with Gasteiger partial charge in [-0.05, 0) is 17.5 Å². The molecular formula is C9H13BO. The van der Waals surface area contributed by atoms with E-state index in [1.54, 1.807) is 7.85 Å². The zero-order valence-corrected chi connectivity index (χ0v) is 7.04. The van der Waals surface area contributed by atoms with Gasteiger partial charge in [-0.3, -0.25) is 0 Å². The summed E-state index contributed by atoms with van der Waals surface area (Å²) >= 11 is 0. The molecule has 0 radical (unpaired) electrons. The SMILES string of the molecule is BC(O)c1ccc(CC)cc1. The molecule has 0 spiro atoms. The van der Waals surface area contributed by atoms with Gasteiger partial charge < -0.3 is 5.11 Å². The summed E-state index contributed by atoms with van der Waals surface area (Å²) in [6.07, 6.45) is 1.06. The van der Waals surface area contributed by atoms with Crippen LogP contribution in [0.1, 0.15) is 24.1 Å². The summed E-state index contributed by atoms with van der Waals surface area (Å²) < 4.78 is 0. The fourth-order valence-corrected chi connectivity index (χ4v) is 1.03.